The molecule has 2 unspecified atom stereocenters. The lowest BCUT2D eigenvalue weighted by molar-refractivity contribution is -0.142. The molecule has 0 aromatic carbocycles. The highest BCUT2D eigenvalue weighted by molar-refractivity contribution is 7.91. The largest absolute Gasteiger partial charge is 0.373 e. The molecule has 0 aromatic heterocycles. The molecule has 6 heteroatoms. The molecule has 2 heterocycles. The second kappa shape index (κ2) is 3.75. The van der Waals surface area contributed by atoms with Gasteiger partial charge in [0.15, 0.2) is 9.84 Å². The molecule has 0 aromatic rings. The van der Waals surface area contributed by atoms with Crippen LogP contribution >= 0.6 is 0 Å². The lowest BCUT2D eigenvalue weighted by Crippen LogP contribution is -2.53. The summed E-state index contributed by atoms with van der Waals surface area (Å²) in [6.45, 7) is 2.75. The van der Waals surface area contributed by atoms with Gasteiger partial charge in [-0.2, -0.15) is 0 Å². The Morgan fingerprint density at radius 2 is 2.20 bits per heavy atom. The second-order valence-electron chi connectivity index (χ2n) is 3.99. The van der Waals surface area contributed by atoms with Crippen molar-refractivity contribution < 1.29 is 17.9 Å². The van der Waals surface area contributed by atoms with Gasteiger partial charge in [0.25, 0.3) is 0 Å². The van der Waals surface area contributed by atoms with Crippen LogP contribution in [0.25, 0.3) is 0 Å². The Hall–Kier alpha value is -0.620. The van der Waals surface area contributed by atoms with Crippen LogP contribution in [0.4, 0.5) is 0 Å². The molecule has 2 atom stereocenters. The van der Waals surface area contributed by atoms with Crippen LogP contribution in [0.5, 0.6) is 0 Å². The molecule has 0 spiro atoms. The van der Waals surface area contributed by atoms with Crippen LogP contribution in [0.2, 0.25) is 0 Å². The number of fused-ring (bicyclic) bond motifs is 1. The predicted octanol–water partition coefficient (Wildman–Crippen LogP) is -0.579. The number of sulfone groups is 1. The minimum absolute atomic E-state index is 0.0189. The van der Waals surface area contributed by atoms with Crippen LogP contribution in [0.15, 0.2) is 0 Å². The molecule has 15 heavy (non-hydrogen) atoms. The summed E-state index contributed by atoms with van der Waals surface area (Å²) in [6, 6.07) is -0.254. The van der Waals surface area contributed by atoms with Crippen molar-refractivity contribution in [1.29, 1.82) is 0 Å². The zero-order chi connectivity index (χ0) is 11.1. The SMILES string of the molecule is CCC(=O)N1CCOC2CS(=O)(=O)CC21. The maximum atomic E-state index is 11.6. The average molecular weight is 233 g/mol. The van der Waals surface area contributed by atoms with Crippen LogP contribution in [0, 0.1) is 0 Å². The highest BCUT2D eigenvalue weighted by atomic mass is 32.2. The molecule has 2 aliphatic heterocycles. The standard InChI is InChI=1S/C9H15NO4S/c1-2-9(11)10-3-4-14-8-6-15(12,13)5-7(8)10/h7-8H,2-6H2,1H3. The summed E-state index contributed by atoms with van der Waals surface area (Å²) in [5.41, 5.74) is 0. The number of amides is 1. The van der Waals surface area contributed by atoms with E-state index >= 15 is 0 Å². The van der Waals surface area contributed by atoms with Crippen LogP contribution in [0.1, 0.15) is 13.3 Å². The molecule has 0 bridgehead atoms. The van der Waals surface area contributed by atoms with Crippen LogP contribution in [0.3, 0.4) is 0 Å². The molecule has 2 fully saturated rings. The minimum atomic E-state index is -3.02. The van der Waals surface area contributed by atoms with Gasteiger partial charge in [0.2, 0.25) is 5.91 Å². The number of hydrogen-bond donors (Lipinski definition) is 0. The first-order chi connectivity index (χ1) is 7.03. The van der Waals surface area contributed by atoms with Crippen molar-refractivity contribution in [2.24, 2.45) is 0 Å². The zero-order valence-corrected chi connectivity index (χ0v) is 9.50. The van der Waals surface area contributed by atoms with Crippen molar-refractivity contribution in [3.63, 3.8) is 0 Å². The quantitative estimate of drug-likeness (QED) is 0.608. The molecule has 0 radical (unpaired) electrons. The summed E-state index contributed by atoms with van der Waals surface area (Å²) in [4.78, 5) is 13.3. The van der Waals surface area contributed by atoms with E-state index in [1.165, 1.54) is 0 Å². The van der Waals surface area contributed by atoms with Gasteiger partial charge in [-0.3, -0.25) is 4.79 Å². The Bertz CT molecular complexity index is 364. The summed E-state index contributed by atoms with van der Waals surface area (Å²) in [5.74, 6) is 0.138. The molecular formula is C9H15NO4S. The molecule has 0 saturated carbocycles. The van der Waals surface area contributed by atoms with Crippen molar-refractivity contribution in [3.8, 4) is 0 Å². The van der Waals surface area contributed by atoms with Crippen LogP contribution < -0.4 is 0 Å². The Kier molecular flexibility index (Phi) is 2.72. The van der Waals surface area contributed by atoms with Gasteiger partial charge >= 0.3 is 0 Å². The fraction of sp³-hybridized carbons (Fsp3) is 0.889. The van der Waals surface area contributed by atoms with Crippen LogP contribution in [-0.2, 0) is 19.4 Å². The van der Waals surface area contributed by atoms with E-state index in [1.807, 2.05) is 0 Å². The van der Waals surface area contributed by atoms with Gasteiger partial charge in [0, 0.05) is 13.0 Å². The van der Waals surface area contributed by atoms with Gasteiger partial charge in [0.05, 0.1) is 30.3 Å². The predicted molar refractivity (Wildman–Crippen MR) is 54.2 cm³/mol. The summed E-state index contributed by atoms with van der Waals surface area (Å²) in [5, 5.41) is 0. The smallest absolute Gasteiger partial charge is 0.222 e. The first kappa shape index (κ1) is 10.9. The summed E-state index contributed by atoms with van der Waals surface area (Å²) in [6.07, 6.45) is 0.114. The molecule has 1 amide bonds. The first-order valence-corrected chi connectivity index (χ1v) is 6.97. The Balaban J connectivity index is 2.19. The molecule has 0 aliphatic carbocycles. The Labute approximate surface area is 89.3 Å². The minimum Gasteiger partial charge on any atom is -0.373 e. The van der Waals surface area contributed by atoms with Gasteiger partial charge in [-0.1, -0.05) is 6.92 Å². The number of ether oxygens (including phenoxy) is 1. The number of hydrogen-bond acceptors (Lipinski definition) is 4. The third-order valence-corrected chi connectivity index (χ3v) is 4.65. The molecule has 5 nitrogen and oxygen atoms in total. The van der Waals surface area contributed by atoms with Crippen molar-refractivity contribution in [3.05, 3.63) is 0 Å². The molecule has 0 N–H and O–H groups in total. The number of carbonyl (C=O) groups excluding carboxylic acids is 1. The Morgan fingerprint density at radius 3 is 2.87 bits per heavy atom. The van der Waals surface area contributed by atoms with Gasteiger partial charge in [-0.05, 0) is 0 Å². The third-order valence-electron chi connectivity index (χ3n) is 2.96. The topological polar surface area (TPSA) is 63.7 Å². The van der Waals surface area contributed by atoms with Crippen LogP contribution in [-0.4, -0.2) is 56.0 Å². The van der Waals surface area contributed by atoms with Crippen molar-refractivity contribution in [1.82, 2.24) is 4.90 Å². The van der Waals surface area contributed by atoms with E-state index in [0.717, 1.165) is 0 Å². The highest BCUT2D eigenvalue weighted by Gasteiger charge is 2.45. The third kappa shape index (κ3) is 2.01. The van der Waals surface area contributed by atoms with Gasteiger partial charge in [-0.25, -0.2) is 8.42 Å². The maximum absolute atomic E-state index is 11.6. The second-order valence-corrected chi connectivity index (χ2v) is 6.15. The molecule has 2 aliphatic rings. The van der Waals surface area contributed by atoms with E-state index in [0.29, 0.717) is 19.6 Å². The summed E-state index contributed by atoms with van der Waals surface area (Å²) in [7, 11) is -3.02. The lowest BCUT2D eigenvalue weighted by atomic mass is 10.1. The lowest BCUT2D eigenvalue weighted by Gasteiger charge is -2.36. The van der Waals surface area contributed by atoms with E-state index in [9.17, 15) is 13.2 Å². The number of morpholine rings is 1. The van der Waals surface area contributed by atoms with E-state index < -0.39 is 9.84 Å². The van der Waals surface area contributed by atoms with E-state index in [2.05, 4.69) is 0 Å². The fourth-order valence-corrected chi connectivity index (χ4v) is 4.10. The monoisotopic (exact) mass is 233 g/mol. The molecular weight excluding hydrogens is 218 g/mol. The zero-order valence-electron chi connectivity index (χ0n) is 8.68. The highest BCUT2D eigenvalue weighted by Crippen LogP contribution is 2.24. The molecule has 2 saturated heterocycles. The number of rotatable bonds is 1. The van der Waals surface area contributed by atoms with Gasteiger partial charge < -0.3 is 9.64 Å². The van der Waals surface area contributed by atoms with Crippen molar-refractivity contribution in [2.45, 2.75) is 25.5 Å². The molecule has 2 rings (SSSR count). The molecule has 86 valence electrons. The van der Waals surface area contributed by atoms with Gasteiger partial charge in [-0.15, -0.1) is 0 Å². The van der Waals surface area contributed by atoms with E-state index in [1.54, 1.807) is 11.8 Å². The summed E-state index contributed by atoms with van der Waals surface area (Å²) >= 11 is 0. The van der Waals surface area contributed by atoms with Crippen molar-refractivity contribution in [2.75, 3.05) is 24.7 Å². The number of nitrogens with zero attached hydrogens (tertiary/aromatic N) is 1. The fourth-order valence-electron chi connectivity index (χ4n) is 2.23. The van der Waals surface area contributed by atoms with E-state index in [4.69, 9.17) is 4.74 Å². The van der Waals surface area contributed by atoms with Crippen molar-refractivity contribution >= 4 is 15.7 Å². The maximum Gasteiger partial charge on any atom is 0.222 e. The first-order valence-electron chi connectivity index (χ1n) is 5.15. The number of carbonyl (C=O) groups is 1. The average Bonchev–Trinajstić information content (AvgIpc) is 2.49. The summed E-state index contributed by atoms with van der Waals surface area (Å²) < 4.78 is 28.3. The normalized spacial score (nSPS) is 33.8. The van der Waals surface area contributed by atoms with Gasteiger partial charge in [0.1, 0.15) is 0 Å². The Morgan fingerprint density at radius 1 is 1.47 bits per heavy atom. The van der Waals surface area contributed by atoms with E-state index in [-0.39, 0.29) is 29.6 Å².